The molecule has 0 spiro atoms. The van der Waals surface area contributed by atoms with Crippen molar-refractivity contribution in [3.63, 3.8) is 0 Å². The third kappa shape index (κ3) is 3.57. The molecule has 6 heteroatoms. The molecule has 14 heavy (non-hydrogen) atoms. The van der Waals surface area contributed by atoms with Gasteiger partial charge >= 0.3 is 5.97 Å². The predicted molar refractivity (Wildman–Crippen MR) is 52.2 cm³/mol. The molecular formula is C8H10ClN3O2. The Labute approximate surface area is 86.5 Å². The van der Waals surface area contributed by atoms with Crippen LogP contribution in [0.3, 0.4) is 0 Å². The molecule has 1 heterocycles. The van der Waals surface area contributed by atoms with Gasteiger partial charge in [0.1, 0.15) is 5.82 Å². The molecule has 0 amide bonds. The smallest absolute Gasteiger partial charge is 0.307 e. The van der Waals surface area contributed by atoms with Crippen molar-refractivity contribution < 1.29 is 9.53 Å². The Hall–Kier alpha value is -1.36. The zero-order chi connectivity index (χ0) is 10.4. The number of halogens is 1. The molecule has 0 saturated heterocycles. The van der Waals surface area contributed by atoms with Gasteiger partial charge < -0.3 is 10.1 Å². The van der Waals surface area contributed by atoms with Gasteiger partial charge in [0.05, 0.1) is 13.5 Å². The van der Waals surface area contributed by atoms with Crippen LogP contribution in [-0.4, -0.2) is 29.6 Å². The molecule has 0 atom stereocenters. The fourth-order valence-corrected chi connectivity index (χ4v) is 0.975. The molecule has 76 valence electrons. The summed E-state index contributed by atoms with van der Waals surface area (Å²) < 4.78 is 4.47. The van der Waals surface area contributed by atoms with Gasteiger partial charge in [-0.15, -0.1) is 0 Å². The summed E-state index contributed by atoms with van der Waals surface area (Å²) in [4.78, 5) is 18.4. The number of nitrogens with zero attached hydrogens (tertiary/aromatic N) is 2. The van der Waals surface area contributed by atoms with E-state index >= 15 is 0 Å². The molecular weight excluding hydrogens is 206 g/mol. The summed E-state index contributed by atoms with van der Waals surface area (Å²) in [5, 5.41) is 3.09. The number of rotatable bonds is 4. The van der Waals surface area contributed by atoms with Gasteiger partial charge in [-0.1, -0.05) is 0 Å². The Balaban J connectivity index is 2.35. The van der Waals surface area contributed by atoms with Gasteiger partial charge in [0, 0.05) is 12.7 Å². The summed E-state index contributed by atoms with van der Waals surface area (Å²) >= 11 is 5.56. The first-order valence-electron chi connectivity index (χ1n) is 4.01. The lowest BCUT2D eigenvalue weighted by molar-refractivity contribution is -0.140. The highest BCUT2D eigenvalue weighted by molar-refractivity contribution is 6.28. The molecule has 1 aromatic heterocycles. The minimum absolute atomic E-state index is 0.174. The zero-order valence-electron chi connectivity index (χ0n) is 7.66. The second-order valence-electron chi connectivity index (χ2n) is 2.46. The van der Waals surface area contributed by atoms with Crippen molar-refractivity contribution in [1.82, 2.24) is 9.97 Å². The minimum atomic E-state index is -0.266. The van der Waals surface area contributed by atoms with E-state index in [1.807, 2.05) is 0 Å². The van der Waals surface area contributed by atoms with E-state index in [-0.39, 0.29) is 17.7 Å². The number of hydrogen-bond acceptors (Lipinski definition) is 5. The van der Waals surface area contributed by atoms with Gasteiger partial charge in [0.2, 0.25) is 5.28 Å². The molecule has 0 aliphatic heterocycles. The van der Waals surface area contributed by atoms with Crippen molar-refractivity contribution in [3.05, 3.63) is 17.5 Å². The largest absolute Gasteiger partial charge is 0.469 e. The van der Waals surface area contributed by atoms with Crippen LogP contribution < -0.4 is 5.32 Å². The van der Waals surface area contributed by atoms with Crippen molar-refractivity contribution in [2.24, 2.45) is 0 Å². The van der Waals surface area contributed by atoms with Crippen LogP contribution >= 0.6 is 11.6 Å². The Morgan fingerprint density at radius 3 is 3.14 bits per heavy atom. The van der Waals surface area contributed by atoms with Crippen LogP contribution in [0.25, 0.3) is 0 Å². The number of nitrogens with one attached hydrogen (secondary N) is 1. The third-order valence-corrected chi connectivity index (χ3v) is 1.67. The number of ether oxygens (including phenoxy) is 1. The van der Waals surface area contributed by atoms with E-state index in [1.54, 1.807) is 6.07 Å². The van der Waals surface area contributed by atoms with Crippen LogP contribution in [-0.2, 0) is 9.53 Å². The first kappa shape index (κ1) is 10.7. The maximum Gasteiger partial charge on any atom is 0.307 e. The maximum atomic E-state index is 10.7. The van der Waals surface area contributed by atoms with E-state index in [0.717, 1.165) is 0 Å². The van der Waals surface area contributed by atoms with Crippen LogP contribution in [0.4, 0.5) is 5.82 Å². The fraction of sp³-hybridized carbons (Fsp3) is 0.375. The Kier molecular flexibility index (Phi) is 4.12. The number of anilines is 1. The molecule has 0 aromatic carbocycles. The standard InChI is InChI=1S/C8H10ClN3O2/c1-14-7(13)3-5-10-6-2-4-11-8(9)12-6/h2,4H,3,5H2,1H3,(H,10,11,12). The topological polar surface area (TPSA) is 64.1 Å². The molecule has 1 N–H and O–H groups in total. The van der Waals surface area contributed by atoms with E-state index in [4.69, 9.17) is 11.6 Å². The first-order valence-corrected chi connectivity index (χ1v) is 4.39. The van der Waals surface area contributed by atoms with Crippen LogP contribution in [0.2, 0.25) is 5.28 Å². The van der Waals surface area contributed by atoms with Gasteiger partial charge in [-0.05, 0) is 17.7 Å². The lowest BCUT2D eigenvalue weighted by atomic mass is 10.4. The fourth-order valence-electron chi connectivity index (χ4n) is 0.828. The minimum Gasteiger partial charge on any atom is -0.469 e. The lowest BCUT2D eigenvalue weighted by Gasteiger charge is -2.03. The Morgan fingerprint density at radius 2 is 2.50 bits per heavy atom. The molecule has 0 bridgehead atoms. The summed E-state index contributed by atoms with van der Waals surface area (Å²) in [6.45, 7) is 0.458. The van der Waals surface area contributed by atoms with Crippen LogP contribution in [0.15, 0.2) is 12.3 Å². The molecule has 0 radical (unpaired) electrons. The van der Waals surface area contributed by atoms with E-state index in [9.17, 15) is 4.79 Å². The number of hydrogen-bond donors (Lipinski definition) is 1. The van der Waals surface area contributed by atoms with Gasteiger partial charge in [0.15, 0.2) is 0 Å². The van der Waals surface area contributed by atoms with Crippen molar-refractivity contribution in [2.75, 3.05) is 19.0 Å². The van der Waals surface area contributed by atoms with E-state index < -0.39 is 0 Å². The molecule has 1 rings (SSSR count). The van der Waals surface area contributed by atoms with Crippen LogP contribution in [0.1, 0.15) is 6.42 Å². The monoisotopic (exact) mass is 215 g/mol. The Morgan fingerprint density at radius 1 is 1.71 bits per heavy atom. The summed E-state index contributed by atoms with van der Waals surface area (Å²) in [5.74, 6) is 0.326. The number of carbonyl (C=O) groups is 1. The van der Waals surface area contributed by atoms with Gasteiger partial charge in [-0.3, -0.25) is 4.79 Å². The molecule has 0 fully saturated rings. The molecule has 0 aliphatic carbocycles. The van der Waals surface area contributed by atoms with Gasteiger partial charge in [-0.2, -0.15) is 0 Å². The number of esters is 1. The highest BCUT2D eigenvalue weighted by atomic mass is 35.5. The normalized spacial score (nSPS) is 9.57. The first-order chi connectivity index (χ1) is 6.72. The quantitative estimate of drug-likeness (QED) is 0.602. The number of aromatic nitrogens is 2. The van der Waals surface area contributed by atoms with E-state index in [0.29, 0.717) is 12.4 Å². The summed E-state index contributed by atoms with van der Waals surface area (Å²) in [7, 11) is 1.35. The van der Waals surface area contributed by atoms with Crippen molar-refractivity contribution in [2.45, 2.75) is 6.42 Å². The summed E-state index contributed by atoms with van der Waals surface area (Å²) in [6.07, 6.45) is 1.83. The molecule has 0 unspecified atom stereocenters. The average Bonchev–Trinajstić information content (AvgIpc) is 2.17. The Bertz CT molecular complexity index is 319. The number of methoxy groups -OCH3 is 1. The summed E-state index contributed by atoms with van der Waals surface area (Å²) in [6, 6.07) is 1.67. The predicted octanol–water partition coefficient (Wildman–Crippen LogP) is 1.10. The van der Waals surface area contributed by atoms with Crippen LogP contribution in [0, 0.1) is 0 Å². The SMILES string of the molecule is COC(=O)CCNc1ccnc(Cl)n1. The van der Waals surface area contributed by atoms with E-state index in [1.165, 1.54) is 13.3 Å². The lowest BCUT2D eigenvalue weighted by Crippen LogP contribution is -2.10. The highest BCUT2D eigenvalue weighted by Gasteiger charge is 2.00. The molecule has 1 aromatic rings. The van der Waals surface area contributed by atoms with Crippen molar-refractivity contribution in [1.29, 1.82) is 0 Å². The molecule has 0 saturated carbocycles. The second-order valence-corrected chi connectivity index (χ2v) is 2.80. The zero-order valence-corrected chi connectivity index (χ0v) is 8.41. The third-order valence-electron chi connectivity index (χ3n) is 1.49. The maximum absolute atomic E-state index is 10.7. The summed E-state index contributed by atoms with van der Waals surface area (Å²) in [5.41, 5.74) is 0. The highest BCUT2D eigenvalue weighted by Crippen LogP contribution is 2.05. The average molecular weight is 216 g/mol. The van der Waals surface area contributed by atoms with Crippen molar-refractivity contribution >= 4 is 23.4 Å². The second kappa shape index (κ2) is 5.39. The molecule has 0 aliphatic rings. The van der Waals surface area contributed by atoms with E-state index in [2.05, 4.69) is 20.0 Å². The van der Waals surface area contributed by atoms with Gasteiger partial charge in [0.25, 0.3) is 0 Å². The van der Waals surface area contributed by atoms with Gasteiger partial charge in [-0.25, -0.2) is 9.97 Å². The van der Waals surface area contributed by atoms with Crippen LogP contribution in [0.5, 0.6) is 0 Å². The number of carbonyl (C=O) groups excluding carboxylic acids is 1. The van der Waals surface area contributed by atoms with Crippen molar-refractivity contribution in [3.8, 4) is 0 Å². The molecule has 5 nitrogen and oxygen atoms in total.